The Morgan fingerprint density at radius 1 is 1.03 bits per heavy atom. The van der Waals surface area contributed by atoms with Crippen molar-refractivity contribution < 1.29 is 0 Å². The highest BCUT2D eigenvalue weighted by molar-refractivity contribution is 5.66. The molecule has 4 rings (SSSR count). The minimum absolute atomic E-state index is 0.102. The zero-order chi connectivity index (χ0) is 23.8. The number of hydrogen-bond donors (Lipinski definition) is 1. The van der Waals surface area contributed by atoms with Gasteiger partial charge in [-0.1, -0.05) is 98.3 Å². The molecule has 0 fully saturated rings. The first-order valence-corrected chi connectivity index (χ1v) is 13.0. The van der Waals surface area contributed by atoms with Crippen LogP contribution in [0.3, 0.4) is 0 Å². The van der Waals surface area contributed by atoms with Crippen molar-refractivity contribution in [2.24, 2.45) is 0 Å². The zero-order valence-electron chi connectivity index (χ0n) is 20.9. The monoisotopic (exact) mass is 449 g/mol. The normalized spacial score (nSPS) is 16.5. The maximum atomic E-state index is 4.12. The summed E-state index contributed by atoms with van der Waals surface area (Å²) in [6.45, 7) is 8.66. The number of hydrogen-bond acceptors (Lipinski definition) is 1. The van der Waals surface area contributed by atoms with E-state index in [1.54, 1.807) is 11.1 Å². The van der Waals surface area contributed by atoms with Gasteiger partial charge in [0.15, 0.2) is 0 Å². The number of benzene rings is 3. The van der Waals surface area contributed by atoms with E-state index in [0.29, 0.717) is 0 Å². The van der Waals surface area contributed by atoms with Crippen molar-refractivity contribution in [1.29, 1.82) is 0 Å². The molecule has 1 nitrogen and oxygen atoms in total. The molecule has 0 saturated carbocycles. The molecule has 0 aliphatic heterocycles. The Morgan fingerprint density at radius 3 is 2.47 bits per heavy atom. The molecule has 0 bridgehead atoms. The number of rotatable bonds is 11. The number of nitrogens with one attached hydrogen (secondary N) is 1. The van der Waals surface area contributed by atoms with Crippen molar-refractivity contribution in [3.05, 3.63) is 125 Å². The van der Waals surface area contributed by atoms with Gasteiger partial charge < -0.3 is 5.32 Å². The van der Waals surface area contributed by atoms with Crippen LogP contribution in [0, 0.1) is 0 Å². The highest BCUT2D eigenvalue weighted by Gasteiger charge is 2.21. The van der Waals surface area contributed by atoms with Crippen LogP contribution in [0.15, 0.2) is 97.2 Å². The van der Waals surface area contributed by atoms with Crippen molar-refractivity contribution in [2.45, 2.75) is 70.8 Å². The smallest absolute Gasteiger partial charge is 0.0692 e. The van der Waals surface area contributed by atoms with E-state index in [-0.39, 0.29) is 6.04 Å². The molecule has 3 aromatic carbocycles. The third kappa shape index (κ3) is 5.89. The second kappa shape index (κ2) is 11.9. The molecule has 2 atom stereocenters. The molecule has 1 N–H and O–H groups in total. The molecule has 0 heterocycles. The summed E-state index contributed by atoms with van der Waals surface area (Å²) in [6, 6.07) is 28.7. The Hall–Kier alpha value is -3.06. The van der Waals surface area contributed by atoms with E-state index in [4.69, 9.17) is 0 Å². The predicted octanol–water partition coefficient (Wildman–Crippen LogP) is 8.79. The largest absolute Gasteiger partial charge is 0.378 e. The van der Waals surface area contributed by atoms with Crippen LogP contribution in [-0.4, -0.2) is 0 Å². The lowest BCUT2D eigenvalue weighted by Gasteiger charge is -2.22. The van der Waals surface area contributed by atoms with Crippen LogP contribution in [0.1, 0.15) is 85.7 Å². The summed E-state index contributed by atoms with van der Waals surface area (Å²) in [6.07, 6.45) is 10.5. The highest BCUT2D eigenvalue weighted by atomic mass is 14.9. The first-order chi connectivity index (χ1) is 16.7. The lowest BCUT2D eigenvalue weighted by molar-refractivity contribution is 0.608. The first kappa shape index (κ1) is 24.1. The number of fused-ring (bicyclic) bond motifs is 1. The van der Waals surface area contributed by atoms with Crippen LogP contribution in [-0.2, 0) is 12.8 Å². The first-order valence-electron chi connectivity index (χ1n) is 13.0. The molecule has 176 valence electrons. The third-order valence-electron chi connectivity index (χ3n) is 7.32. The molecule has 1 heteroatoms. The fourth-order valence-corrected chi connectivity index (χ4v) is 5.39. The predicted molar refractivity (Wildman–Crippen MR) is 147 cm³/mol. The maximum Gasteiger partial charge on any atom is 0.0692 e. The summed E-state index contributed by atoms with van der Waals surface area (Å²) < 4.78 is 0. The Bertz CT molecular complexity index is 1090. The molecule has 0 spiro atoms. The molecular formula is C33H39N. The van der Waals surface area contributed by atoms with Crippen molar-refractivity contribution in [2.75, 3.05) is 0 Å². The highest BCUT2D eigenvalue weighted by Crippen LogP contribution is 2.37. The van der Waals surface area contributed by atoms with E-state index >= 15 is 0 Å². The topological polar surface area (TPSA) is 12.0 Å². The third-order valence-corrected chi connectivity index (χ3v) is 7.32. The summed E-state index contributed by atoms with van der Waals surface area (Å²) in [5.74, 6) is 0.787. The van der Waals surface area contributed by atoms with Crippen molar-refractivity contribution >= 4 is 5.57 Å². The van der Waals surface area contributed by atoms with Crippen LogP contribution in [0.5, 0.6) is 0 Å². The zero-order valence-corrected chi connectivity index (χ0v) is 20.9. The van der Waals surface area contributed by atoms with E-state index in [0.717, 1.165) is 25.2 Å². The standard InChI is InChI=1S/C33H39N/c1-4-13-28-21-22-30-24-26(20-23-31(28)30)14-12-19-33(25(3)27-15-8-6-9-16-27)34-32(5-2)29-17-10-7-11-18-29/h5-11,15-18,20,23-24,28,32,34H,2,4,12-14,19,21-22H2,1,3H3/b33-25+. The van der Waals surface area contributed by atoms with Gasteiger partial charge in [-0.15, -0.1) is 6.58 Å². The van der Waals surface area contributed by atoms with Gasteiger partial charge in [0.1, 0.15) is 0 Å². The molecule has 2 unspecified atom stereocenters. The van der Waals surface area contributed by atoms with E-state index in [2.05, 4.69) is 105 Å². The lowest BCUT2D eigenvalue weighted by Crippen LogP contribution is -2.20. The molecule has 3 aromatic rings. The average Bonchev–Trinajstić information content (AvgIpc) is 3.29. The van der Waals surface area contributed by atoms with Gasteiger partial charge in [0, 0.05) is 5.70 Å². The van der Waals surface area contributed by atoms with Gasteiger partial charge in [-0.2, -0.15) is 0 Å². The van der Waals surface area contributed by atoms with Crippen LogP contribution in [0.25, 0.3) is 5.57 Å². The molecule has 0 aromatic heterocycles. The van der Waals surface area contributed by atoms with Crippen LogP contribution in [0.4, 0.5) is 0 Å². The van der Waals surface area contributed by atoms with Gasteiger partial charge >= 0.3 is 0 Å². The van der Waals surface area contributed by atoms with E-state index in [1.165, 1.54) is 53.6 Å². The van der Waals surface area contributed by atoms with Gasteiger partial charge in [0.05, 0.1) is 6.04 Å². The van der Waals surface area contributed by atoms with Crippen molar-refractivity contribution in [1.82, 2.24) is 5.32 Å². The molecule has 0 radical (unpaired) electrons. The van der Waals surface area contributed by atoms with Crippen LogP contribution >= 0.6 is 0 Å². The molecule has 0 saturated heterocycles. The Morgan fingerprint density at radius 2 is 1.76 bits per heavy atom. The van der Waals surface area contributed by atoms with Gasteiger partial charge in [-0.05, 0) is 84.8 Å². The second-order valence-corrected chi connectivity index (χ2v) is 9.65. The van der Waals surface area contributed by atoms with Gasteiger partial charge in [-0.25, -0.2) is 0 Å². The summed E-state index contributed by atoms with van der Waals surface area (Å²) >= 11 is 0. The van der Waals surface area contributed by atoms with E-state index < -0.39 is 0 Å². The number of aryl methyl sites for hydroxylation is 2. The minimum atomic E-state index is 0.102. The summed E-state index contributed by atoms with van der Waals surface area (Å²) in [4.78, 5) is 0. The van der Waals surface area contributed by atoms with Crippen molar-refractivity contribution in [3.63, 3.8) is 0 Å². The second-order valence-electron chi connectivity index (χ2n) is 9.65. The summed E-state index contributed by atoms with van der Waals surface area (Å²) in [7, 11) is 0. The fraction of sp³-hybridized carbons (Fsp3) is 0.333. The molecule has 1 aliphatic carbocycles. The van der Waals surface area contributed by atoms with Gasteiger partial charge in [-0.3, -0.25) is 0 Å². The van der Waals surface area contributed by atoms with Crippen LogP contribution < -0.4 is 5.32 Å². The average molecular weight is 450 g/mol. The van der Waals surface area contributed by atoms with Gasteiger partial charge in [0.2, 0.25) is 0 Å². The van der Waals surface area contributed by atoms with E-state index in [9.17, 15) is 0 Å². The van der Waals surface area contributed by atoms with Crippen molar-refractivity contribution in [3.8, 4) is 0 Å². The fourth-order valence-electron chi connectivity index (χ4n) is 5.39. The summed E-state index contributed by atoms with van der Waals surface area (Å²) in [5.41, 5.74) is 9.85. The van der Waals surface area contributed by atoms with Crippen LogP contribution in [0.2, 0.25) is 0 Å². The summed E-state index contributed by atoms with van der Waals surface area (Å²) in [5, 5.41) is 3.83. The van der Waals surface area contributed by atoms with Gasteiger partial charge in [0.25, 0.3) is 0 Å². The number of allylic oxidation sites excluding steroid dienone is 2. The Labute approximate surface area is 206 Å². The minimum Gasteiger partial charge on any atom is -0.378 e. The van der Waals surface area contributed by atoms with E-state index in [1.807, 2.05) is 6.08 Å². The molecular weight excluding hydrogens is 410 g/mol. The quantitative estimate of drug-likeness (QED) is 0.288. The molecule has 1 aliphatic rings. The SMILES string of the molecule is C=CC(N/C(CCCc1ccc2c(c1)CCC2CCC)=C(\C)c1ccccc1)c1ccccc1. The maximum absolute atomic E-state index is 4.12. The molecule has 34 heavy (non-hydrogen) atoms. The molecule has 0 amide bonds. The Balaban J connectivity index is 1.49. The lowest BCUT2D eigenvalue weighted by atomic mass is 9.94. The Kier molecular flexibility index (Phi) is 8.41.